The van der Waals surface area contributed by atoms with Crippen LogP contribution in [0, 0.1) is 0 Å². The van der Waals surface area contributed by atoms with E-state index in [-0.39, 0.29) is 18.7 Å². The molecular formula is C18H16F3N3O3S. The molecule has 0 aliphatic rings. The minimum absolute atomic E-state index is 0.153. The number of thiazole rings is 1. The van der Waals surface area contributed by atoms with E-state index in [2.05, 4.69) is 15.0 Å². The number of hydrogen-bond donors (Lipinski definition) is 1. The lowest BCUT2D eigenvalue weighted by Gasteiger charge is -2.08. The lowest BCUT2D eigenvalue weighted by atomic mass is 10.1. The minimum atomic E-state index is -4.42. The van der Waals surface area contributed by atoms with Crippen LogP contribution in [0.15, 0.2) is 47.5 Å². The summed E-state index contributed by atoms with van der Waals surface area (Å²) >= 11 is 1.35. The first-order valence-electron chi connectivity index (χ1n) is 8.30. The topological polar surface area (TPSA) is 72.7 Å². The van der Waals surface area contributed by atoms with Crippen LogP contribution in [0.5, 0.6) is 0 Å². The van der Waals surface area contributed by atoms with Crippen LogP contribution in [0.2, 0.25) is 0 Å². The van der Waals surface area contributed by atoms with Crippen molar-refractivity contribution in [3.05, 3.63) is 69.1 Å². The predicted molar refractivity (Wildman–Crippen MR) is 97.8 cm³/mol. The number of amides is 1. The second-order valence-electron chi connectivity index (χ2n) is 5.91. The number of alkyl halides is 3. The third-order valence-corrected chi connectivity index (χ3v) is 4.71. The van der Waals surface area contributed by atoms with Gasteiger partial charge in [-0.2, -0.15) is 13.2 Å². The summed E-state index contributed by atoms with van der Waals surface area (Å²) in [6.07, 6.45) is -0.974. The second kappa shape index (κ2) is 8.53. The molecule has 0 bridgehead atoms. The number of halogens is 3. The van der Waals surface area contributed by atoms with Crippen molar-refractivity contribution in [3.63, 3.8) is 0 Å². The first-order valence-corrected chi connectivity index (χ1v) is 9.12. The molecule has 0 radical (unpaired) electrons. The van der Waals surface area contributed by atoms with Crippen molar-refractivity contribution in [3.8, 4) is 0 Å². The van der Waals surface area contributed by atoms with Gasteiger partial charge in [0, 0.05) is 30.2 Å². The zero-order valence-electron chi connectivity index (χ0n) is 14.5. The van der Waals surface area contributed by atoms with Crippen molar-refractivity contribution in [2.24, 2.45) is 0 Å². The summed E-state index contributed by atoms with van der Waals surface area (Å²) in [5, 5.41) is 2.36. The summed E-state index contributed by atoms with van der Waals surface area (Å²) in [4.78, 5) is 30.2. The number of rotatable bonds is 7. The van der Waals surface area contributed by atoms with Crippen LogP contribution in [0.25, 0.3) is 4.96 Å². The number of aromatic nitrogens is 2. The highest BCUT2D eigenvalue weighted by Gasteiger charge is 2.27. The van der Waals surface area contributed by atoms with E-state index in [0.29, 0.717) is 11.4 Å². The number of fused-ring (bicyclic) bond motifs is 1. The molecule has 3 rings (SSSR count). The van der Waals surface area contributed by atoms with E-state index >= 15 is 0 Å². The first-order chi connectivity index (χ1) is 13.3. The van der Waals surface area contributed by atoms with E-state index in [4.69, 9.17) is 0 Å². The molecule has 0 aliphatic heterocycles. The molecule has 2 aromatic heterocycles. The molecule has 0 saturated carbocycles. The Kier molecular flexibility index (Phi) is 6.10. The Balaban J connectivity index is 1.66. The number of nitrogens with one attached hydrogen (secondary N) is 1. The lowest BCUT2D eigenvalue weighted by Crippen LogP contribution is -2.33. The van der Waals surface area contributed by atoms with Gasteiger partial charge in [-0.3, -0.25) is 14.0 Å². The van der Waals surface area contributed by atoms with Gasteiger partial charge in [0.15, 0.2) is 4.96 Å². The summed E-state index contributed by atoms with van der Waals surface area (Å²) in [7, 11) is 0. The maximum absolute atomic E-state index is 12.5. The predicted octanol–water partition coefficient (Wildman–Crippen LogP) is 2.66. The molecule has 1 N–H and O–H groups in total. The van der Waals surface area contributed by atoms with Crippen molar-refractivity contribution >= 4 is 22.2 Å². The molecule has 2 heterocycles. The average Bonchev–Trinajstić information content (AvgIpc) is 3.05. The van der Waals surface area contributed by atoms with Gasteiger partial charge in [0.25, 0.3) is 11.5 Å². The molecular weight excluding hydrogens is 395 g/mol. The van der Waals surface area contributed by atoms with Crippen LogP contribution in [-0.2, 0) is 11.2 Å². The summed E-state index contributed by atoms with van der Waals surface area (Å²) < 4.78 is 41.7. The normalized spacial score (nSPS) is 11.7. The largest absolute Gasteiger partial charge is 0.411 e. The lowest BCUT2D eigenvalue weighted by molar-refractivity contribution is -0.173. The molecule has 0 saturated heterocycles. The van der Waals surface area contributed by atoms with Crippen LogP contribution in [0.3, 0.4) is 0 Å². The van der Waals surface area contributed by atoms with Crippen molar-refractivity contribution in [1.29, 1.82) is 0 Å². The summed E-state index contributed by atoms with van der Waals surface area (Å²) in [6.45, 7) is -1.86. The van der Waals surface area contributed by atoms with Gasteiger partial charge in [-0.15, -0.1) is 11.3 Å². The van der Waals surface area contributed by atoms with Gasteiger partial charge in [-0.25, -0.2) is 4.98 Å². The van der Waals surface area contributed by atoms with Crippen molar-refractivity contribution < 1.29 is 22.7 Å². The van der Waals surface area contributed by atoms with Gasteiger partial charge < -0.3 is 10.1 Å². The number of hydrogen-bond acceptors (Lipinski definition) is 5. The van der Waals surface area contributed by atoms with Crippen LogP contribution in [0.4, 0.5) is 13.2 Å². The smallest absolute Gasteiger partial charge is 0.370 e. The molecule has 0 unspecified atom stereocenters. The fourth-order valence-corrected chi connectivity index (χ4v) is 3.46. The highest BCUT2D eigenvalue weighted by atomic mass is 32.1. The van der Waals surface area contributed by atoms with Gasteiger partial charge in [0.05, 0.1) is 6.61 Å². The Hall–Kier alpha value is -2.72. The molecule has 148 valence electrons. The Labute approximate surface area is 161 Å². The van der Waals surface area contributed by atoms with Crippen LogP contribution < -0.4 is 10.9 Å². The molecule has 28 heavy (non-hydrogen) atoms. The van der Waals surface area contributed by atoms with E-state index in [1.165, 1.54) is 21.9 Å². The quantitative estimate of drug-likeness (QED) is 0.607. The monoisotopic (exact) mass is 411 g/mol. The highest BCUT2D eigenvalue weighted by Crippen LogP contribution is 2.18. The number of ether oxygens (including phenoxy) is 1. The Morgan fingerprint density at radius 3 is 2.71 bits per heavy atom. The SMILES string of the molecule is O=C(NCCOCC(F)(F)F)c1cnc2sc(Cc3ccccc3)cn2c1=O. The Bertz CT molecular complexity index is 1020. The molecule has 10 heteroatoms. The maximum Gasteiger partial charge on any atom is 0.411 e. The van der Waals surface area contributed by atoms with Gasteiger partial charge in [-0.1, -0.05) is 30.3 Å². The third-order valence-electron chi connectivity index (χ3n) is 3.72. The van der Waals surface area contributed by atoms with Crippen LogP contribution >= 0.6 is 11.3 Å². The third kappa shape index (κ3) is 5.17. The van der Waals surface area contributed by atoms with E-state index in [9.17, 15) is 22.8 Å². The van der Waals surface area contributed by atoms with Crippen molar-refractivity contribution in [2.75, 3.05) is 19.8 Å². The van der Waals surface area contributed by atoms with Gasteiger partial charge in [0.1, 0.15) is 12.2 Å². The van der Waals surface area contributed by atoms with Gasteiger partial charge >= 0.3 is 6.18 Å². The minimum Gasteiger partial charge on any atom is -0.370 e. The maximum atomic E-state index is 12.5. The average molecular weight is 411 g/mol. The molecule has 1 aromatic carbocycles. The number of carbonyl (C=O) groups is 1. The Morgan fingerprint density at radius 2 is 2.00 bits per heavy atom. The molecule has 1 amide bonds. The van der Waals surface area contributed by atoms with E-state index < -0.39 is 24.2 Å². The fraction of sp³-hybridized carbons (Fsp3) is 0.278. The highest BCUT2D eigenvalue weighted by molar-refractivity contribution is 7.17. The fourth-order valence-electron chi connectivity index (χ4n) is 2.49. The Morgan fingerprint density at radius 1 is 1.25 bits per heavy atom. The molecule has 0 fully saturated rings. The number of nitrogens with zero attached hydrogens (tertiary/aromatic N) is 2. The molecule has 6 nitrogen and oxygen atoms in total. The summed E-state index contributed by atoms with van der Waals surface area (Å²) in [6, 6.07) is 9.71. The van der Waals surface area contributed by atoms with E-state index in [1.807, 2.05) is 30.3 Å². The number of benzene rings is 1. The van der Waals surface area contributed by atoms with Gasteiger partial charge in [0.2, 0.25) is 0 Å². The molecule has 0 spiro atoms. The molecule has 3 aromatic rings. The zero-order valence-corrected chi connectivity index (χ0v) is 15.3. The summed E-state index contributed by atoms with van der Waals surface area (Å²) in [5.74, 6) is -0.710. The van der Waals surface area contributed by atoms with E-state index in [1.54, 1.807) is 6.20 Å². The van der Waals surface area contributed by atoms with Crippen LogP contribution in [-0.4, -0.2) is 41.2 Å². The standard InChI is InChI=1S/C18H16F3N3O3S/c19-18(20,21)11-27-7-6-22-15(25)14-9-23-17-24(16(14)26)10-13(28-17)8-12-4-2-1-3-5-12/h1-5,9-10H,6-8,11H2,(H,22,25). The molecule has 0 aliphatic carbocycles. The van der Waals surface area contributed by atoms with Crippen molar-refractivity contribution in [2.45, 2.75) is 12.6 Å². The zero-order chi connectivity index (χ0) is 20.1. The second-order valence-corrected chi connectivity index (χ2v) is 7.01. The van der Waals surface area contributed by atoms with Gasteiger partial charge in [-0.05, 0) is 5.56 Å². The number of carbonyl (C=O) groups excluding carboxylic acids is 1. The van der Waals surface area contributed by atoms with Crippen molar-refractivity contribution in [1.82, 2.24) is 14.7 Å². The van der Waals surface area contributed by atoms with E-state index in [0.717, 1.165) is 10.4 Å². The first kappa shape index (κ1) is 20.0. The van der Waals surface area contributed by atoms with Crippen LogP contribution in [0.1, 0.15) is 20.8 Å². The summed E-state index contributed by atoms with van der Waals surface area (Å²) in [5.41, 5.74) is 0.366. The molecule has 0 atom stereocenters.